The minimum absolute atomic E-state index is 0.0931. The summed E-state index contributed by atoms with van der Waals surface area (Å²) in [7, 11) is 0. The molecule has 0 spiro atoms. The Bertz CT molecular complexity index is 1080. The van der Waals surface area contributed by atoms with Gasteiger partial charge in [0.15, 0.2) is 0 Å². The Labute approximate surface area is 184 Å². The van der Waals surface area contributed by atoms with Crippen molar-refractivity contribution in [2.45, 2.75) is 24.9 Å². The molecule has 32 heavy (non-hydrogen) atoms. The molecule has 5 rings (SSSR count). The van der Waals surface area contributed by atoms with Gasteiger partial charge in [0.2, 0.25) is 11.7 Å². The Balaban J connectivity index is 1.12. The van der Waals surface area contributed by atoms with Crippen LogP contribution < -0.4 is 10.1 Å². The molecule has 9 heteroatoms. The lowest BCUT2D eigenvalue weighted by atomic mass is 10.0. The van der Waals surface area contributed by atoms with Gasteiger partial charge in [0, 0.05) is 30.4 Å². The van der Waals surface area contributed by atoms with E-state index in [1.54, 1.807) is 17.0 Å². The maximum atomic E-state index is 13.2. The molecule has 2 aliphatic heterocycles. The molecule has 2 saturated heterocycles. The highest BCUT2D eigenvalue weighted by atomic mass is 19.1. The van der Waals surface area contributed by atoms with Crippen LogP contribution in [0.25, 0.3) is 11.4 Å². The summed E-state index contributed by atoms with van der Waals surface area (Å²) in [6.07, 6.45) is 1.70. The molecule has 2 amide bonds. The number of hydrogen-bond acceptors (Lipinski definition) is 6. The molecule has 3 heterocycles. The highest BCUT2D eigenvalue weighted by Gasteiger charge is 2.32. The monoisotopic (exact) mass is 438 g/mol. The van der Waals surface area contributed by atoms with Crippen LogP contribution in [0.4, 0.5) is 14.9 Å². The maximum Gasteiger partial charge on any atom is 0.322 e. The fourth-order valence-corrected chi connectivity index (χ4v) is 3.79. The molecule has 2 aliphatic rings. The van der Waals surface area contributed by atoms with Crippen molar-refractivity contribution in [3.8, 4) is 17.1 Å². The minimum atomic E-state index is -0.392. The number of urea groups is 1. The van der Waals surface area contributed by atoms with E-state index in [1.165, 1.54) is 12.1 Å². The number of carbonyl (C=O) groups excluding carboxylic acids is 1. The van der Waals surface area contributed by atoms with Gasteiger partial charge in [-0.1, -0.05) is 11.2 Å². The van der Waals surface area contributed by atoms with Crippen molar-refractivity contribution in [1.82, 2.24) is 15.0 Å². The van der Waals surface area contributed by atoms with Crippen LogP contribution in [0.5, 0.6) is 5.75 Å². The fraction of sp³-hybridized carbons (Fsp3) is 0.348. The van der Waals surface area contributed by atoms with Crippen LogP contribution in [0.15, 0.2) is 53.1 Å². The summed E-state index contributed by atoms with van der Waals surface area (Å²) in [6.45, 7) is 2.36. The van der Waals surface area contributed by atoms with Crippen LogP contribution in [-0.4, -0.2) is 53.5 Å². The predicted molar refractivity (Wildman–Crippen MR) is 114 cm³/mol. The van der Waals surface area contributed by atoms with Gasteiger partial charge in [0.05, 0.1) is 13.1 Å². The van der Waals surface area contributed by atoms with E-state index in [9.17, 15) is 9.18 Å². The molecule has 166 valence electrons. The van der Waals surface area contributed by atoms with E-state index in [4.69, 9.17) is 14.0 Å². The number of likely N-dealkylation sites (tertiary alicyclic amines) is 1. The summed E-state index contributed by atoms with van der Waals surface area (Å²) < 4.78 is 30.0. The third-order valence-corrected chi connectivity index (χ3v) is 5.64. The van der Waals surface area contributed by atoms with Gasteiger partial charge in [-0.2, -0.15) is 4.98 Å². The number of aromatic nitrogens is 2. The van der Waals surface area contributed by atoms with Crippen LogP contribution in [0.1, 0.15) is 24.7 Å². The van der Waals surface area contributed by atoms with E-state index in [0.29, 0.717) is 36.2 Å². The quantitative estimate of drug-likeness (QED) is 0.646. The Morgan fingerprint density at radius 3 is 2.66 bits per heavy atom. The van der Waals surface area contributed by atoms with Gasteiger partial charge in [-0.15, -0.1) is 0 Å². The number of benzene rings is 2. The number of nitrogens with one attached hydrogen (secondary N) is 1. The highest BCUT2D eigenvalue weighted by molar-refractivity contribution is 5.89. The van der Waals surface area contributed by atoms with Crippen LogP contribution in [-0.2, 0) is 4.74 Å². The SMILES string of the molecule is O=C(Nc1cccc(F)c1)N1CC(Oc2ccc(-c3noc(C4CCOCC4)n3)cc2)C1. The Morgan fingerprint density at radius 1 is 1.12 bits per heavy atom. The molecule has 3 aromatic rings. The van der Waals surface area contributed by atoms with E-state index in [0.717, 1.165) is 31.6 Å². The van der Waals surface area contributed by atoms with Gasteiger partial charge in [-0.25, -0.2) is 9.18 Å². The number of carbonyl (C=O) groups is 1. The zero-order valence-corrected chi connectivity index (χ0v) is 17.4. The zero-order chi connectivity index (χ0) is 21.9. The summed E-state index contributed by atoms with van der Waals surface area (Å²) in [6, 6.07) is 13.0. The second-order valence-corrected chi connectivity index (χ2v) is 7.95. The van der Waals surface area contributed by atoms with E-state index < -0.39 is 5.82 Å². The Kier molecular flexibility index (Phi) is 5.72. The first kappa shape index (κ1) is 20.4. The van der Waals surface area contributed by atoms with Gasteiger partial charge >= 0.3 is 6.03 Å². The largest absolute Gasteiger partial charge is 0.487 e. The van der Waals surface area contributed by atoms with Crippen molar-refractivity contribution >= 4 is 11.7 Å². The molecule has 0 radical (unpaired) electrons. The third-order valence-electron chi connectivity index (χ3n) is 5.64. The highest BCUT2D eigenvalue weighted by Crippen LogP contribution is 2.28. The van der Waals surface area contributed by atoms with Crippen LogP contribution in [0.2, 0.25) is 0 Å². The van der Waals surface area contributed by atoms with Crippen LogP contribution >= 0.6 is 0 Å². The summed E-state index contributed by atoms with van der Waals surface area (Å²) in [5.74, 6) is 1.79. The van der Waals surface area contributed by atoms with Crippen molar-refractivity contribution in [2.24, 2.45) is 0 Å². The van der Waals surface area contributed by atoms with Gasteiger partial charge in [-0.05, 0) is 55.3 Å². The van der Waals surface area contributed by atoms with E-state index >= 15 is 0 Å². The van der Waals surface area contributed by atoms with Crippen LogP contribution in [0.3, 0.4) is 0 Å². The lowest BCUT2D eigenvalue weighted by molar-refractivity contribution is 0.0493. The number of amides is 2. The van der Waals surface area contributed by atoms with Gasteiger partial charge in [0.1, 0.15) is 17.7 Å². The molecule has 2 aromatic carbocycles. The van der Waals surface area contributed by atoms with Crippen molar-refractivity contribution in [3.63, 3.8) is 0 Å². The smallest absolute Gasteiger partial charge is 0.322 e. The summed E-state index contributed by atoms with van der Waals surface area (Å²) in [4.78, 5) is 18.4. The summed E-state index contributed by atoms with van der Waals surface area (Å²) >= 11 is 0. The first-order chi connectivity index (χ1) is 15.6. The molecule has 1 aromatic heterocycles. The van der Waals surface area contributed by atoms with E-state index in [2.05, 4.69) is 15.5 Å². The molecular formula is C23H23FN4O4. The second kappa shape index (κ2) is 8.96. The van der Waals surface area contributed by atoms with Crippen LogP contribution in [0, 0.1) is 5.82 Å². The number of nitrogens with zero attached hydrogens (tertiary/aromatic N) is 3. The topological polar surface area (TPSA) is 89.7 Å². The Morgan fingerprint density at radius 2 is 1.91 bits per heavy atom. The van der Waals surface area contributed by atoms with Gasteiger partial charge in [-0.3, -0.25) is 0 Å². The predicted octanol–water partition coefficient (Wildman–Crippen LogP) is 4.06. The standard InChI is InChI=1S/C23H23FN4O4/c24-17-2-1-3-18(12-17)25-23(29)28-13-20(14-28)31-19-6-4-15(5-7-19)21-26-22(32-27-21)16-8-10-30-11-9-16/h1-7,12,16,20H,8-11,13-14H2,(H,25,29). The molecule has 0 unspecified atom stereocenters. The number of halogens is 1. The molecule has 0 bridgehead atoms. The second-order valence-electron chi connectivity index (χ2n) is 7.95. The van der Waals surface area contributed by atoms with Gasteiger partial charge < -0.3 is 24.2 Å². The summed E-state index contributed by atoms with van der Waals surface area (Å²) in [5.41, 5.74) is 1.28. The lowest BCUT2D eigenvalue weighted by Crippen LogP contribution is -2.57. The van der Waals surface area contributed by atoms with Crippen molar-refractivity contribution in [2.75, 3.05) is 31.6 Å². The average Bonchev–Trinajstić information content (AvgIpc) is 3.27. The van der Waals surface area contributed by atoms with Crippen molar-refractivity contribution < 1.29 is 23.2 Å². The lowest BCUT2D eigenvalue weighted by Gasteiger charge is -2.38. The average molecular weight is 438 g/mol. The summed E-state index contributed by atoms with van der Waals surface area (Å²) in [5, 5.41) is 6.79. The zero-order valence-electron chi connectivity index (χ0n) is 17.4. The number of rotatable bonds is 5. The van der Waals surface area contributed by atoms with E-state index in [1.807, 2.05) is 24.3 Å². The number of ether oxygens (including phenoxy) is 2. The fourth-order valence-electron chi connectivity index (χ4n) is 3.79. The molecule has 2 fully saturated rings. The molecular weight excluding hydrogens is 415 g/mol. The minimum Gasteiger partial charge on any atom is -0.487 e. The van der Waals surface area contributed by atoms with Gasteiger partial charge in [0.25, 0.3) is 0 Å². The van der Waals surface area contributed by atoms with Crippen molar-refractivity contribution in [1.29, 1.82) is 0 Å². The molecule has 1 N–H and O–H groups in total. The molecule has 8 nitrogen and oxygen atoms in total. The third kappa shape index (κ3) is 4.57. The van der Waals surface area contributed by atoms with Crippen molar-refractivity contribution in [3.05, 3.63) is 60.2 Å². The number of hydrogen-bond donors (Lipinski definition) is 1. The van der Waals surface area contributed by atoms with E-state index in [-0.39, 0.29) is 18.1 Å². The normalized spacial score (nSPS) is 17.1. The first-order valence-corrected chi connectivity index (χ1v) is 10.6. The maximum absolute atomic E-state index is 13.2. The number of anilines is 1. The first-order valence-electron chi connectivity index (χ1n) is 10.6. The Hall–Kier alpha value is -3.46. The molecule has 0 aliphatic carbocycles. The molecule has 0 saturated carbocycles. The molecule has 0 atom stereocenters.